The molecule has 5 nitrogen and oxygen atoms in total. The number of thioether (sulfide) groups is 1. The molecule has 0 saturated carbocycles. The lowest BCUT2D eigenvalue weighted by molar-refractivity contribution is -0.115. The van der Waals surface area contributed by atoms with Gasteiger partial charge in [-0.3, -0.25) is 9.59 Å². The predicted molar refractivity (Wildman–Crippen MR) is 94.1 cm³/mol. The molecule has 2 rings (SSSR count). The van der Waals surface area contributed by atoms with Crippen LogP contribution in [0, 0.1) is 13.8 Å². The van der Waals surface area contributed by atoms with Crippen LogP contribution in [-0.4, -0.2) is 21.1 Å². The van der Waals surface area contributed by atoms with Gasteiger partial charge in [0.15, 0.2) is 5.16 Å². The summed E-state index contributed by atoms with van der Waals surface area (Å²) < 4.78 is 0. The Labute approximate surface area is 139 Å². The summed E-state index contributed by atoms with van der Waals surface area (Å²) >= 11 is 1.25. The molecule has 2 aromatic rings. The third kappa shape index (κ3) is 4.45. The van der Waals surface area contributed by atoms with Gasteiger partial charge in [0, 0.05) is 17.4 Å². The van der Waals surface area contributed by atoms with E-state index in [4.69, 9.17) is 0 Å². The van der Waals surface area contributed by atoms with Crippen LogP contribution in [0.25, 0.3) is 0 Å². The lowest BCUT2D eigenvalue weighted by Crippen LogP contribution is -2.24. The number of amides is 1. The van der Waals surface area contributed by atoms with Crippen molar-refractivity contribution in [1.82, 2.24) is 9.97 Å². The molecule has 1 amide bonds. The Morgan fingerprint density at radius 2 is 2.00 bits per heavy atom. The molecule has 23 heavy (non-hydrogen) atoms. The molecule has 0 saturated heterocycles. The van der Waals surface area contributed by atoms with Crippen molar-refractivity contribution in [1.29, 1.82) is 0 Å². The van der Waals surface area contributed by atoms with E-state index >= 15 is 0 Å². The molecular formula is C17H21N3O2S. The third-order valence-electron chi connectivity index (χ3n) is 3.52. The van der Waals surface area contributed by atoms with Crippen LogP contribution in [0.1, 0.15) is 30.7 Å². The average molecular weight is 331 g/mol. The molecule has 0 bridgehead atoms. The molecule has 1 aromatic heterocycles. The van der Waals surface area contributed by atoms with Crippen molar-refractivity contribution in [3.05, 3.63) is 51.4 Å². The fourth-order valence-electron chi connectivity index (χ4n) is 2.18. The summed E-state index contributed by atoms with van der Waals surface area (Å²) in [5.74, 6) is -0.114. The van der Waals surface area contributed by atoms with Gasteiger partial charge < -0.3 is 10.3 Å². The van der Waals surface area contributed by atoms with Crippen LogP contribution in [0.3, 0.4) is 0 Å². The third-order valence-corrected chi connectivity index (χ3v) is 4.51. The molecule has 0 spiro atoms. The highest BCUT2D eigenvalue weighted by molar-refractivity contribution is 8.00. The van der Waals surface area contributed by atoms with E-state index in [0.29, 0.717) is 11.6 Å². The van der Waals surface area contributed by atoms with Crippen molar-refractivity contribution >= 4 is 23.4 Å². The highest BCUT2D eigenvalue weighted by atomic mass is 32.2. The number of aryl methyl sites for hydroxylation is 3. The lowest BCUT2D eigenvalue weighted by atomic mass is 10.1. The summed E-state index contributed by atoms with van der Waals surface area (Å²) in [6, 6.07) is 7.36. The number of para-hydroxylation sites is 1. The zero-order valence-corrected chi connectivity index (χ0v) is 14.6. The lowest BCUT2D eigenvalue weighted by Gasteiger charge is -2.15. The number of anilines is 1. The van der Waals surface area contributed by atoms with Crippen molar-refractivity contribution in [3.8, 4) is 0 Å². The molecule has 0 aliphatic rings. The second-order valence-electron chi connectivity index (χ2n) is 5.41. The zero-order chi connectivity index (χ0) is 17.0. The minimum Gasteiger partial charge on any atom is -0.325 e. The van der Waals surface area contributed by atoms with Crippen molar-refractivity contribution in [2.75, 3.05) is 5.32 Å². The first kappa shape index (κ1) is 17.3. The molecule has 1 aromatic carbocycles. The number of H-pyrrole nitrogens is 1. The molecule has 6 heteroatoms. The molecule has 0 radical (unpaired) electrons. The standard InChI is InChI=1S/C17H21N3O2S/c1-5-13-9-14(21)19-17(18-13)23-12(4)16(22)20-15-10(2)7-6-8-11(15)3/h6-9,12H,5H2,1-4H3,(H,20,22)(H,18,19,21). The SMILES string of the molecule is CCc1cc(=O)[nH]c(SC(C)C(=O)Nc2c(C)cccc2C)n1. The number of carbonyl (C=O) groups excluding carboxylic acids is 1. The van der Waals surface area contributed by atoms with Crippen LogP contribution >= 0.6 is 11.8 Å². The smallest absolute Gasteiger partial charge is 0.251 e. The van der Waals surface area contributed by atoms with Gasteiger partial charge in [-0.1, -0.05) is 36.9 Å². The molecule has 0 aliphatic carbocycles. The number of benzene rings is 1. The van der Waals surface area contributed by atoms with Gasteiger partial charge in [-0.15, -0.1) is 0 Å². The predicted octanol–water partition coefficient (Wildman–Crippen LogP) is 3.07. The Hall–Kier alpha value is -2.08. The summed E-state index contributed by atoms with van der Waals surface area (Å²) in [5, 5.41) is 3.06. The van der Waals surface area contributed by atoms with Crippen LogP contribution < -0.4 is 10.9 Å². The number of aromatic amines is 1. The summed E-state index contributed by atoms with van der Waals surface area (Å²) in [5.41, 5.74) is 3.42. The van der Waals surface area contributed by atoms with Gasteiger partial charge in [0.05, 0.1) is 5.25 Å². The Bertz CT molecular complexity index is 750. The molecular weight excluding hydrogens is 310 g/mol. The second-order valence-corrected chi connectivity index (χ2v) is 6.74. The first-order valence-electron chi connectivity index (χ1n) is 7.54. The number of rotatable bonds is 5. The van der Waals surface area contributed by atoms with Crippen molar-refractivity contribution in [2.45, 2.75) is 44.5 Å². The minimum absolute atomic E-state index is 0.114. The summed E-state index contributed by atoms with van der Waals surface area (Å²) in [4.78, 5) is 31.0. The van der Waals surface area contributed by atoms with E-state index in [0.717, 1.165) is 22.5 Å². The number of carbonyl (C=O) groups is 1. The van der Waals surface area contributed by atoms with Gasteiger partial charge in [-0.05, 0) is 38.3 Å². The van der Waals surface area contributed by atoms with E-state index < -0.39 is 0 Å². The van der Waals surface area contributed by atoms with E-state index in [-0.39, 0.29) is 16.7 Å². The number of nitrogens with zero attached hydrogens (tertiary/aromatic N) is 1. The monoisotopic (exact) mass is 331 g/mol. The summed E-state index contributed by atoms with van der Waals surface area (Å²) in [7, 11) is 0. The van der Waals surface area contributed by atoms with Crippen LogP contribution in [0.15, 0.2) is 34.2 Å². The molecule has 2 N–H and O–H groups in total. The Morgan fingerprint density at radius 1 is 1.35 bits per heavy atom. The molecule has 0 aliphatic heterocycles. The average Bonchev–Trinajstić information content (AvgIpc) is 2.50. The van der Waals surface area contributed by atoms with Gasteiger partial charge in [0.2, 0.25) is 5.91 Å². The van der Waals surface area contributed by atoms with Crippen molar-refractivity contribution in [3.63, 3.8) is 0 Å². The number of nitrogens with one attached hydrogen (secondary N) is 2. The van der Waals surface area contributed by atoms with E-state index in [1.165, 1.54) is 17.8 Å². The highest BCUT2D eigenvalue weighted by Gasteiger charge is 2.17. The summed E-state index contributed by atoms with van der Waals surface area (Å²) in [6.45, 7) is 7.66. The first-order valence-corrected chi connectivity index (χ1v) is 8.42. The van der Waals surface area contributed by atoms with Crippen LogP contribution in [0.2, 0.25) is 0 Å². The van der Waals surface area contributed by atoms with Crippen LogP contribution in [0.5, 0.6) is 0 Å². The largest absolute Gasteiger partial charge is 0.325 e. The van der Waals surface area contributed by atoms with Gasteiger partial charge >= 0.3 is 0 Å². The number of hydrogen-bond acceptors (Lipinski definition) is 4. The van der Waals surface area contributed by atoms with Gasteiger partial charge in [-0.25, -0.2) is 4.98 Å². The Balaban J connectivity index is 2.11. The zero-order valence-electron chi connectivity index (χ0n) is 13.8. The number of aromatic nitrogens is 2. The van der Waals surface area contributed by atoms with Crippen molar-refractivity contribution in [2.24, 2.45) is 0 Å². The van der Waals surface area contributed by atoms with Gasteiger partial charge in [0.1, 0.15) is 0 Å². The second kappa shape index (κ2) is 7.46. The highest BCUT2D eigenvalue weighted by Crippen LogP contribution is 2.23. The fourth-order valence-corrected chi connectivity index (χ4v) is 3.01. The molecule has 1 unspecified atom stereocenters. The molecule has 0 fully saturated rings. The number of hydrogen-bond donors (Lipinski definition) is 2. The molecule has 122 valence electrons. The van der Waals surface area contributed by atoms with E-state index in [1.807, 2.05) is 39.0 Å². The van der Waals surface area contributed by atoms with E-state index in [2.05, 4.69) is 15.3 Å². The first-order chi connectivity index (χ1) is 10.9. The minimum atomic E-state index is -0.371. The molecule has 1 heterocycles. The Kier molecular flexibility index (Phi) is 5.60. The van der Waals surface area contributed by atoms with E-state index in [1.54, 1.807) is 6.92 Å². The fraction of sp³-hybridized carbons (Fsp3) is 0.353. The quantitative estimate of drug-likeness (QED) is 0.652. The van der Waals surface area contributed by atoms with E-state index in [9.17, 15) is 9.59 Å². The maximum atomic E-state index is 12.4. The molecule has 1 atom stereocenters. The Morgan fingerprint density at radius 3 is 2.61 bits per heavy atom. The van der Waals surface area contributed by atoms with Crippen LogP contribution in [0.4, 0.5) is 5.69 Å². The normalized spacial score (nSPS) is 12.0. The van der Waals surface area contributed by atoms with Crippen molar-refractivity contribution < 1.29 is 4.79 Å². The van der Waals surface area contributed by atoms with Crippen LogP contribution in [-0.2, 0) is 11.2 Å². The maximum absolute atomic E-state index is 12.4. The summed E-state index contributed by atoms with van der Waals surface area (Å²) in [6.07, 6.45) is 0.681. The van der Waals surface area contributed by atoms with Gasteiger partial charge in [-0.2, -0.15) is 0 Å². The topological polar surface area (TPSA) is 74.8 Å². The van der Waals surface area contributed by atoms with Gasteiger partial charge in [0.25, 0.3) is 5.56 Å². The maximum Gasteiger partial charge on any atom is 0.251 e.